The van der Waals surface area contributed by atoms with E-state index in [1.54, 1.807) is 0 Å². The molecule has 0 aliphatic heterocycles. The molecule has 0 saturated heterocycles. The van der Waals surface area contributed by atoms with Gasteiger partial charge in [-0.2, -0.15) is 0 Å². The molecule has 0 radical (unpaired) electrons. The number of nitro groups is 1. The van der Waals surface area contributed by atoms with Gasteiger partial charge in [-0.3, -0.25) is 19.7 Å². The van der Waals surface area contributed by atoms with Gasteiger partial charge >= 0.3 is 0 Å². The lowest BCUT2D eigenvalue weighted by molar-refractivity contribution is -0.385. The number of carbonyl (C=O) groups excluding carboxylic acids is 2. The Morgan fingerprint density at radius 2 is 1.80 bits per heavy atom. The molecule has 0 aliphatic carbocycles. The van der Waals surface area contributed by atoms with Crippen LogP contribution in [-0.2, 0) is 0 Å². The number of hydrogen-bond donors (Lipinski definition) is 2. The average Bonchev–Trinajstić information content (AvgIpc) is 2.16. The van der Waals surface area contributed by atoms with Gasteiger partial charge in [0.25, 0.3) is 11.6 Å². The molecule has 1 aromatic rings. The van der Waals surface area contributed by atoms with Crippen LogP contribution in [0.15, 0.2) is 18.2 Å². The van der Waals surface area contributed by atoms with Crippen molar-refractivity contribution in [2.45, 2.75) is 0 Å². The topological polar surface area (TPSA) is 129 Å². The fourth-order valence-corrected chi connectivity index (χ4v) is 1.04. The number of amides is 2. The van der Waals surface area contributed by atoms with Crippen LogP contribution in [-0.4, -0.2) is 16.7 Å². The fraction of sp³-hybridized carbons (Fsp3) is 0. The van der Waals surface area contributed by atoms with Crippen LogP contribution < -0.4 is 11.5 Å². The molecule has 2 amide bonds. The molecule has 1 aromatic carbocycles. The zero-order chi connectivity index (χ0) is 11.6. The lowest BCUT2D eigenvalue weighted by atomic mass is 10.1. The number of rotatable bonds is 3. The first-order valence-electron chi connectivity index (χ1n) is 3.81. The Morgan fingerprint density at radius 1 is 1.20 bits per heavy atom. The molecule has 0 saturated carbocycles. The van der Waals surface area contributed by atoms with E-state index in [1.807, 2.05) is 0 Å². The Morgan fingerprint density at radius 3 is 2.20 bits per heavy atom. The molecule has 0 atom stereocenters. The summed E-state index contributed by atoms with van der Waals surface area (Å²) in [6, 6.07) is 3.22. The lowest BCUT2D eigenvalue weighted by Crippen LogP contribution is -2.16. The van der Waals surface area contributed by atoms with Crippen LogP contribution in [0.4, 0.5) is 5.69 Å². The van der Waals surface area contributed by atoms with Gasteiger partial charge in [-0.1, -0.05) is 0 Å². The first-order valence-corrected chi connectivity index (χ1v) is 3.81. The van der Waals surface area contributed by atoms with Gasteiger partial charge in [0.05, 0.1) is 4.92 Å². The van der Waals surface area contributed by atoms with E-state index in [4.69, 9.17) is 11.5 Å². The molecule has 7 nitrogen and oxygen atoms in total. The molecule has 0 bridgehead atoms. The smallest absolute Gasteiger partial charge is 0.282 e. The summed E-state index contributed by atoms with van der Waals surface area (Å²) < 4.78 is 0. The SMILES string of the molecule is NC(=O)c1ccc(C(N)=O)c([N+](=O)[O-])c1. The van der Waals surface area contributed by atoms with E-state index in [-0.39, 0.29) is 11.1 Å². The average molecular weight is 209 g/mol. The van der Waals surface area contributed by atoms with Crippen LogP contribution in [0.25, 0.3) is 0 Å². The number of primary amides is 2. The zero-order valence-electron chi connectivity index (χ0n) is 7.47. The standard InChI is InChI=1S/C8H7N3O4/c9-7(12)4-1-2-5(8(10)13)6(3-4)11(14)15/h1-3H,(H2,9,12)(H2,10,13). The normalized spacial score (nSPS) is 9.60. The minimum absolute atomic E-state index is 0.0494. The highest BCUT2D eigenvalue weighted by Crippen LogP contribution is 2.19. The van der Waals surface area contributed by atoms with Crippen molar-refractivity contribution in [2.75, 3.05) is 0 Å². The van der Waals surface area contributed by atoms with Crippen LogP contribution in [0.1, 0.15) is 20.7 Å². The minimum atomic E-state index is -0.933. The van der Waals surface area contributed by atoms with Gasteiger partial charge < -0.3 is 11.5 Å². The molecule has 15 heavy (non-hydrogen) atoms. The van der Waals surface area contributed by atoms with Gasteiger partial charge in [-0.05, 0) is 12.1 Å². The van der Waals surface area contributed by atoms with E-state index in [0.29, 0.717) is 0 Å². The summed E-state index contributed by atoms with van der Waals surface area (Å²) in [5, 5.41) is 10.5. The highest BCUT2D eigenvalue weighted by molar-refractivity contribution is 6.00. The van der Waals surface area contributed by atoms with Crippen molar-refractivity contribution in [3.63, 3.8) is 0 Å². The summed E-state index contributed by atoms with van der Waals surface area (Å²) in [5.74, 6) is -1.74. The third-order valence-electron chi connectivity index (χ3n) is 1.74. The molecular weight excluding hydrogens is 202 g/mol. The largest absolute Gasteiger partial charge is 0.366 e. The molecular formula is C8H7N3O4. The Bertz CT molecular complexity index is 455. The Labute approximate surface area is 83.8 Å². The highest BCUT2D eigenvalue weighted by atomic mass is 16.6. The van der Waals surface area contributed by atoms with Gasteiger partial charge in [-0.25, -0.2) is 0 Å². The van der Waals surface area contributed by atoms with E-state index in [9.17, 15) is 19.7 Å². The summed E-state index contributed by atoms with van der Waals surface area (Å²) in [6.07, 6.45) is 0. The van der Waals surface area contributed by atoms with Crippen molar-refractivity contribution < 1.29 is 14.5 Å². The maximum absolute atomic E-state index is 10.8. The van der Waals surface area contributed by atoms with E-state index < -0.39 is 22.4 Å². The number of nitrogens with two attached hydrogens (primary N) is 2. The minimum Gasteiger partial charge on any atom is -0.366 e. The molecule has 78 valence electrons. The molecule has 0 fully saturated rings. The molecule has 0 aromatic heterocycles. The maximum atomic E-state index is 10.8. The Balaban J connectivity index is 3.40. The second-order valence-corrected chi connectivity index (χ2v) is 2.72. The highest BCUT2D eigenvalue weighted by Gasteiger charge is 2.19. The van der Waals surface area contributed by atoms with Gasteiger partial charge in [0, 0.05) is 11.6 Å². The number of nitro benzene ring substituents is 1. The summed E-state index contributed by atoms with van der Waals surface area (Å²) in [5.41, 5.74) is 9.01. The number of hydrogen-bond acceptors (Lipinski definition) is 4. The summed E-state index contributed by atoms with van der Waals surface area (Å²) in [6.45, 7) is 0. The molecule has 0 unspecified atom stereocenters. The van der Waals surface area contributed by atoms with Crippen molar-refractivity contribution in [1.82, 2.24) is 0 Å². The van der Waals surface area contributed by atoms with Gasteiger partial charge in [-0.15, -0.1) is 0 Å². The Kier molecular flexibility index (Phi) is 2.65. The third-order valence-corrected chi connectivity index (χ3v) is 1.74. The first kappa shape index (κ1) is 10.6. The fourth-order valence-electron chi connectivity index (χ4n) is 1.04. The van der Waals surface area contributed by atoms with E-state index in [1.165, 1.54) is 6.07 Å². The van der Waals surface area contributed by atoms with Crippen LogP contribution in [0.2, 0.25) is 0 Å². The number of nitrogens with zero attached hydrogens (tertiary/aromatic N) is 1. The van der Waals surface area contributed by atoms with Crippen molar-refractivity contribution in [3.8, 4) is 0 Å². The second-order valence-electron chi connectivity index (χ2n) is 2.72. The molecule has 4 N–H and O–H groups in total. The lowest BCUT2D eigenvalue weighted by Gasteiger charge is -2.00. The summed E-state index contributed by atoms with van der Waals surface area (Å²) in [4.78, 5) is 31.3. The predicted molar refractivity (Wildman–Crippen MR) is 50.1 cm³/mol. The zero-order valence-corrected chi connectivity index (χ0v) is 7.47. The van der Waals surface area contributed by atoms with E-state index in [2.05, 4.69) is 0 Å². The molecule has 1 rings (SSSR count). The Hall–Kier alpha value is -2.44. The molecule has 7 heteroatoms. The summed E-state index contributed by atoms with van der Waals surface area (Å²) >= 11 is 0. The first-order chi connectivity index (χ1) is 6.93. The quantitative estimate of drug-likeness (QED) is 0.526. The molecule has 0 heterocycles. The number of carbonyl (C=O) groups is 2. The van der Waals surface area contributed by atoms with Crippen molar-refractivity contribution in [1.29, 1.82) is 0 Å². The van der Waals surface area contributed by atoms with Crippen LogP contribution >= 0.6 is 0 Å². The molecule has 0 spiro atoms. The van der Waals surface area contributed by atoms with Crippen molar-refractivity contribution in [3.05, 3.63) is 39.4 Å². The third kappa shape index (κ3) is 2.08. The van der Waals surface area contributed by atoms with Gasteiger partial charge in [0.2, 0.25) is 5.91 Å². The van der Waals surface area contributed by atoms with Gasteiger partial charge in [0.15, 0.2) is 0 Å². The van der Waals surface area contributed by atoms with Crippen LogP contribution in [0.5, 0.6) is 0 Å². The predicted octanol–water partition coefficient (Wildman–Crippen LogP) is -0.207. The number of benzene rings is 1. The van der Waals surface area contributed by atoms with E-state index in [0.717, 1.165) is 12.1 Å². The van der Waals surface area contributed by atoms with Crippen LogP contribution in [0, 0.1) is 10.1 Å². The van der Waals surface area contributed by atoms with Crippen molar-refractivity contribution in [2.24, 2.45) is 11.5 Å². The van der Waals surface area contributed by atoms with Crippen LogP contribution in [0.3, 0.4) is 0 Å². The monoisotopic (exact) mass is 209 g/mol. The summed E-state index contributed by atoms with van der Waals surface area (Å²) in [7, 11) is 0. The molecule has 0 aliphatic rings. The van der Waals surface area contributed by atoms with Gasteiger partial charge in [0.1, 0.15) is 5.56 Å². The second kappa shape index (κ2) is 3.74. The van der Waals surface area contributed by atoms with E-state index >= 15 is 0 Å². The maximum Gasteiger partial charge on any atom is 0.282 e. The van der Waals surface area contributed by atoms with Crippen molar-refractivity contribution >= 4 is 17.5 Å².